The Hall–Kier alpha value is -1.53. The van der Waals surface area contributed by atoms with Crippen LogP contribution in [0, 0.1) is 6.92 Å². The van der Waals surface area contributed by atoms with Gasteiger partial charge >= 0.3 is 0 Å². The van der Waals surface area contributed by atoms with Crippen molar-refractivity contribution in [3.8, 4) is 11.5 Å². The lowest BCUT2D eigenvalue weighted by Gasteiger charge is -2.11. The van der Waals surface area contributed by atoms with Crippen LogP contribution in [0.2, 0.25) is 0 Å². The lowest BCUT2D eigenvalue weighted by atomic mass is 10.2. The average Bonchev–Trinajstić information content (AvgIpc) is 2.89. The number of hydrogen-bond donors (Lipinski definition) is 1. The quantitative estimate of drug-likeness (QED) is 0.847. The summed E-state index contributed by atoms with van der Waals surface area (Å²) in [5.74, 6) is 1.03. The molecule has 0 spiro atoms. The fourth-order valence-electron chi connectivity index (χ4n) is 1.72. The van der Waals surface area contributed by atoms with Crippen LogP contribution in [0.4, 0.5) is 0 Å². The molecule has 0 saturated carbocycles. The van der Waals surface area contributed by atoms with E-state index in [1.165, 1.54) is 0 Å². The molecule has 1 aromatic carbocycles. The molecule has 21 heavy (non-hydrogen) atoms. The molecule has 0 aliphatic heterocycles. The zero-order chi connectivity index (χ0) is 15.2. The van der Waals surface area contributed by atoms with Crippen molar-refractivity contribution < 1.29 is 14.3 Å². The predicted octanol–water partition coefficient (Wildman–Crippen LogP) is 3.52. The van der Waals surface area contributed by atoms with E-state index in [4.69, 9.17) is 9.47 Å². The van der Waals surface area contributed by atoms with Crippen LogP contribution in [0.3, 0.4) is 0 Å². The summed E-state index contributed by atoms with van der Waals surface area (Å²) < 4.78 is 11.8. The number of hydrogen-bond acceptors (Lipinski definition) is 4. The molecule has 0 aliphatic carbocycles. The Morgan fingerprint density at radius 3 is 2.76 bits per heavy atom. The minimum Gasteiger partial charge on any atom is -0.493 e. The van der Waals surface area contributed by atoms with Crippen molar-refractivity contribution in [3.05, 3.63) is 44.6 Å². The fraction of sp³-hybridized carbons (Fsp3) is 0.267. The number of aryl methyl sites for hydroxylation is 1. The minimum absolute atomic E-state index is 0.0357. The second kappa shape index (κ2) is 7.47. The number of rotatable bonds is 6. The summed E-state index contributed by atoms with van der Waals surface area (Å²) in [5, 5.41) is 2.82. The standard InChI is InChI=1S/C15H16BrNO3S/c1-10-3-5-12(13(7-10)19-2)20-9-15(18)17-8-11-4-6-14(16)21-11/h3-7H,8-9H2,1-2H3,(H,17,18). The number of ether oxygens (including phenoxy) is 2. The van der Waals surface area contributed by atoms with Gasteiger partial charge in [0.15, 0.2) is 18.1 Å². The summed E-state index contributed by atoms with van der Waals surface area (Å²) in [7, 11) is 1.58. The second-order valence-corrected chi connectivity index (χ2v) is 6.97. The van der Waals surface area contributed by atoms with Gasteiger partial charge in [0.05, 0.1) is 17.4 Å². The molecule has 0 unspecified atom stereocenters. The smallest absolute Gasteiger partial charge is 0.258 e. The Labute approximate surface area is 136 Å². The summed E-state index contributed by atoms with van der Waals surface area (Å²) in [5.41, 5.74) is 1.08. The lowest BCUT2D eigenvalue weighted by Crippen LogP contribution is -2.28. The third-order valence-corrected chi connectivity index (χ3v) is 4.39. The molecule has 1 heterocycles. The summed E-state index contributed by atoms with van der Waals surface area (Å²) in [6.45, 7) is 2.44. The first-order chi connectivity index (χ1) is 10.1. The minimum atomic E-state index is -0.165. The van der Waals surface area contributed by atoms with E-state index in [0.717, 1.165) is 14.2 Å². The Balaban J connectivity index is 1.83. The van der Waals surface area contributed by atoms with Gasteiger partial charge in [-0.15, -0.1) is 11.3 Å². The average molecular weight is 370 g/mol. The van der Waals surface area contributed by atoms with Crippen molar-refractivity contribution in [2.24, 2.45) is 0 Å². The van der Waals surface area contributed by atoms with E-state index in [0.29, 0.717) is 18.0 Å². The Morgan fingerprint density at radius 1 is 1.29 bits per heavy atom. The molecule has 0 fully saturated rings. The highest BCUT2D eigenvalue weighted by Crippen LogP contribution is 2.27. The number of benzene rings is 1. The Kier molecular flexibility index (Phi) is 5.64. The van der Waals surface area contributed by atoms with Crippen LogP contribution in [0.5, 0.6) is 11.5 Å². The maximum Gasteiger partial charge on any atom is 0.258 e. The van der Waals surface area contributed by atoms with E-state index >= 15 is 0 Å². The highest BCUT2D eigenvalue weighted by molar-refractivity contribution is 9.11. The number of nitrogens with one attached hydrogen (secondary N) is 1. The molecule has 0 atom stereocenters. The van der Waals surface area contributed by atoms with E-state index in [2.05, 4.69) is 21.2 Å². The number of carbonyl (C=O) groups excluding carboxylic acids is 1. The van der Waals surface area contributed by atoms with Gasteiger partial charge in [-0.25, -0.2) is 0 Å². The normalized spacial score (nSPS) is 10.2. The molecule has 2 aromatic rings. The van der Waals surface area contributed by atoms with Gasteiger partial charge in [0, 0.05) is 4.88 Å². The van der Waals surface area contributed by atoms with Gasteiger partial charge in [-0.2, -0.15) is 0 Å². The molecule has 0 aliphatic rings. The van der Waals surface area contributed by atoms with Gasteiger partial charge in [0.25, 0.3) is 5.91 Å². The van der Waals surface area contributed by atoms with Crippen LogP contribution in [0.25, 0.3) is 0 Å². The number of amides is 1. The predicted molar refractivity (Wildman–Crippen MR) is 87.1 cm³/mol. The van der Waals surface area contributed by atoms with Gasteiger partial charge in [-0.3, -0.25) is 4.79 Å². The summed E-state index contributed by atoms with van der Waals surface area (Å²) in [4.78, 5) is 12.9. The molecule has 1 N–H and O–H groups in total. The highest BCUT2D eigenvalue weighted by atomic mass is 79.9. The molecule has 1 amide bonds. The Bertz CT molecular complexity index is 627. The first-order valence-corrected chi connectivity index (χ1v) is 7.98. The number of carbonyl (C=O) groups is 1. The van der Waals surface area contributed by atoms with Crippen LogP contribution >= 0.6 is 27.3 Å². The third kappa shape index (κ3) is 4.75. The zero-order valence-electron chi connectivity index (χ0n) is 11.8. The molecule has 0 saturated heterocycles. The first kappa shape index (κ1) is 15.9. The summed E-state index contributed by atoms with van der Waals surface area (Å²) in [6, 6.07) is 9.52. The number of halogens is 1. The molecule has 2 rings (SSSR count). The van der Waals surface area contributed by atoms with Gasteiger partial charge in [0.1, 0.15) is 0 Å². The number of thiophene rings is 1. The topological polar surface area (TPSA) is 47.6 Å². The monoisotopic (exact) mass is 369 g/mol. The van der Waals surface area contributed by atoms with Crippen LogP contribution < -0.4 is 14.8 Å². The SMILES string of the molecule is COc1cc(C)ccc1OCC(=O)NCc1ccc(Br)s1. The van der Waals surface area contributed by atoms with Crippen molar-refractivity contribution >= 4 is 33.2 Å². The maximum absolute atomic E-state index is 11.8. The van der Waals surface area contributed by atoms with Crippen molar-refractivity contribution in [3.63, 3.8) is 0 Å². The van der Waals surface area contributed by atoms with Gasteiger partial charge < -0.3 is 14.8 Å². The molecular weight excluding hydrogens is 354 g/mol. The van der Waals surface area contributed by atoms with Gasteiger partial charge in [0.2, 0.25) is 0 Å². The van der Waals surface area contributed by atoms with E-state index in [-0.39, 0.29) is 12.5 Å². The Morgan fingerprint density at radius 2 is 2.10 bits per heavy atom. The third-order valence-electron chi connectivity index (χ3n) is 2.77. The molecule has 0 bridgehead atoms. The van der Waals surface area contributed by atoms with Crippen LogP contribution in [0.1, 0.15) is 10.4 Å². The van der Waals surface area contributed by atoms with Crippen LogP contribution in [0.15, 0.2) is 34.1 Å². The molecule has 0 radical (unpaired) electrons. The molecule has 1 aromatic heterocycles. The van der Waals surface area contributed by atoms with E-state index in [9.17, 15) is 4.79 Å². The largest absolute Gasteiger partial charge is 0.493 e. The second-order valence-electron chi connectivity index (χ2n) is 4.43. The highest BCUT2D eigenvalue weighted by Gasteiger charge is 2.08. The van der Waals surface area contributed by atoms with Gasteiger partial charge in [-0.05, 0) is 52.7 Å². The molecular formula is C15H16BrNO3S. The lowest BCUT2D eigenvalue weighted by molar-refractivity contribution is -0.123. The van der Waals surface area contributed by atoms with Crippen molar-refractivity contribution in [1.82, 2.24) is 5.32 Å². The molecule has 6 heteroatoms. The fourth-order valence-corrected chi connectivity index (χ4v) is 3.14. The van der Waals surface area contributed by atoms with E-state index < -0.39 is 0 Å². The van der Waals surface area contributed by atoms with Crippen LogP contribution in [-0.4, -0.2) is 19.6 Å². The summed E-state index contributed by atoms with van der Waals surface area (Å²) in [6.07, 6.45) is 0. The number of methoxy groups -OCH3 is 1. The van der Waals surface area contributed by atoms with Crippen LogP contribution in [-0.2, 0) is 11.3 Å². The van der Waals surface area contributed by atoms with Crippen molar-refractivity contribution in [2.45, 2.75) is 13.5 Å². The van der Waals surface area contributed by atoms with Crippen molar-refractivity contribution in [1.29, 1.82) is 0 Å². The molecule has 4 nitrogen and oxygen atoms in total. The first-order valence-electron chi connectivity index (χ1n) is 6.37. The van der Waals surface area contributed by atoms with E-state index in [1.54, 1.807) is 24.5 Å². The maximum atomic E-state index is 11.8. The zero-order valence-corrected chi connectivity index (χ0v) is 14.2. The molecule has 112 valence electrons. The van der Waals surface area contributed by atoms with Gasteiger partial charge in [-0.1, -0.05) is 6.07 Å². The summed E-state index contributed by atoms with van der Waals surface area (Å²) >= 11 is 4.98. The van der Waals surface area contributed by atoms with E-state index in [1.807, 2.05) is 31.2 Å². The van der Waals surface area contributed by atoms with Crippen molar-refractivity contribution in [2.75, 3.05) is 13.7 Å².